The molecule has 50 heavy (non-hydrogen) atoms. The lowest BCUT2D eigenvalue weighted by atomic mass is 10.1. The van der Waals surface area contributed by atoms with Crippen LogP contribution in [0.3, 0.4) is 0 Å². The predicted molar refractivity (Wildman–Crippen MR) is 183 cm³/mol. The fourth-order valence-corrected chi connectivity index (χ4v) is 5.16. The SMILES string of the molecule is O=C(O)C[C@H](NC(=O)Cn1c(-c2ccc(F)cc2)ncc(NC(=O)OCc2ccc(CS)cc2)c1=O)C(=O)COC(=O)c1c(Cl)cccc1Cl. The van der Waals surface area contributed by atoms with Crippen molar-refractivity contribution in [2.24, 2.45) is 0 Å². The number of esters is 1. The molecule has 0 radical (unpaired) electrons. The number of carboxylic acids is 1. The third-order valence-corrected chi connectivity index (χ3v) is 7.87. The van der Waals surface area contributed by atoms with Crippen molar-refractivity contribution in [3.63, 3.8) is 0 Å². The van der Waals surface area contributed by atoms with E-state index in [1.165, 1.54) is 30.3 Å². The van der Waals surface area contributed by atoms with Crippen LogP contribution >= 0.6 is 35.8 Å². The Morgan fingerprint density at radius 2 is 1.58 bits per heavy atom. The summed E-state index contributed by atoms with van der Waals surface area (Å²) < 4.78 is 24.7. The Morgan fingerprint density at radius 1 is 0.940 bits per heavy atom. The second-order valence-corrected chi connectivity index (χ2v) is 11.6. The number of carbonyl (C=O) groups excluding carboxylic acids is 4. The average molecular weight is 746 g/mol. The molecule has 17 heteroatoms. The van der Waals surface area contributed by atoms with E-state index in [9.17, 15) is 38.3 Å². The van der Waals surface area contributed by atoms with Crippen molar-refractivity contribution < 1.29 is 42.9 Å². The number of nitrogens with one attached hydrogen (secondary N) is 2. The van der Waals surface area contributed by atoms with E-state index < -0.39 is 66.7 Å². The Balaban J connectivity index is 1.52. The van der Waals surface area contributed by atoms with E-state index in [1.807, 2.05) is 12.1 Å². The number of carbonyl (C=O) groups is 5. The average Bonchev–Trinajstić information content (AvgIpc) is 3.08. The molecule has 0 bridgehead atoms. The zero-order chi connectivity index (χ0) is 36.4. The van der Waals surface area contributed by atoms with Crippen LogP contribution < -0.4 is 16.2 Å². The molecule has 4 rings (SSSR count). The molecule has 0 aliphatic rings. The van der Waals surface area contributed by atoms with Crippen LogP contribution in [0.1, 0.15) is 27.9 Å². The third-order valence-electron chi connectivity index (χ3n) is 6.88. The van der Waals surface area contributed by atoms with Crippen LogP contribution in [0.25, 0.3) is 11.4 Å². The van der Waals surface area contributed by atoms with E-state index in [0.717, 1.165) is 28.5 Å². The van der Waals surface area contributed by atoms with Gasteiger partial charge in [0, 0.05) is 11.3 Å². The number of aromatic nitrogens is 2. The molecule has 1 aromatic heterocycles. The second-order valence-electron chi connectivity index (χ2n) is 10.4. The summed E-state index contributed by atoms with van der Waals surface area (Å²) >= 11 is 16.2. The second kappa shape index (κ2) is 17.4. The number of ketones is 1. The van der Waals surface area contributed by atoms with Crippen molar-refractivity contribution in [3.05, 3.63) is 116 Å². The van der Waals surface area contributed by atoms with Gasteiger partial charge in [-0.2, -0.15) is 12.6 Å². The number of Topliss-reactive ketones (excluding diaryl/α,β-unsaturated/α-hetero) is 1. The number of benzene rings is 3. The molecule has 13 nitrogen and oxygen atoms in total. The van der Waals surface area contributed by atoms with Crippen LogP contribution in [0.4, 0.5) is 14.9 Å². The number of thiol groups is 1. The Bertz CT molecular complexity index is 1960. The van der Waals surface area contributed by atoms with Crippen molar-refractivity contribution in [1.82, 2.24) is 14.9 Å². The summed E-state index contributed by atoms with van der Waals surface area (Å²) in [5.74, 6) is -4.75. The summed E-state index contributed by atoms with van der Waals surface area (Å²) in [5, 5.41) is 13.8. The van der Waals surface area contributed by atoms with E-state index in [4.69, 9.17) is 32.7 Å². The zero-order valence-corrected chi connectivity index (χ0v) is 28.1. The first-order valence-electron chi connectivity index (χ1n) is 14.5. The first-order chi connectivity index (χ1) is 23.9. The number of amides is 2. The van der Waals surface area contributed by atoms with Crippen molar-refractivity contribution in [3.8, 4) is 11.4 Å². The van der Waals surface area contributed by atoms with Gasteiger partial charge in [-0.1, -0.05) is 53.5 Å². The smallest absolute Gasteiger partial charge is 0.412 e. The molecule has 0 saturated carbocycles. The third kappa shape index (κ3) is 10.1. The van der Waals surface area contributed by atoms with Gasteiger partial charge in [0.1, 0.15) is 36.5 Å². The molecule has 3 N–H and O–H groups in total. The summed E-state index contributed by atoms with van der Waals surface area (Å²) in [6, 6.07) is 14.4. The number of hydrogen-bond acceptors (Lipinski definition) is 10. The fraction of sp³-hybridized carbons (Fsp3) is 0.182. The highest BCUT2D eigenvalue weighted by Crippen LogP contribution is 2.25. The van der Waals surface area contributed by atoms with Gasteiger partial charge < -0.3 is 19.9 Å². The number of aliphatic carboxylic acids is 1. The quantitative estimate of drug-likeness (QED) is 0.102. The van der Waals surface area contributed by atoms with Crippen LogP contribution in [0, 0.1) is 5.82 Å². The molecule has 4 aromatic rings. The Kier molecular flexibility index (Phi) is 13.1. The maximum Gasteiger partial charge on any atom is 0.412 e. The first kappa shape index (κ1) is 37.6. The monoisotopic (exact) mass is 744 g/mol. The van der Waals surface area contributed by atoms with Gasteiger partial charge in [0.2, 0.25) is 5.91 Å². The lowest BCUT2D eigenvalue weighted by molar-refractivity contribution is -0.140. The molecular formula is C33H27Cl2FN4O9S. The van der Waals surface area contributed by atoms with Gasteiger partial charge in [0.25, 0.3) is 5.56 Å². The van der Waals surface area contributed by atoms with Crippen LogP contribution in [0.5, 0.6) is 0 Å². The zero-order valence-electron chi connectivity index (χ0n) is 25.7. The lowest BCUT2D eigenvalue weighted by Crippen LogP contribution is -2.46. The Morgan fingerprint density at radius 3 is 2.20 bits per heavy atom. The van der Waals surface area contributed by atoms with Gasteiger partial charge in [-0.3, -0.25) is 29.1 Å². The first-order valence-corrected chi connectivity index (χ1v) is 15.9. The van der Waals surface area contributed by atoms with E-state index >= 15 is 0 Å². The van der Waals surface area contributed by atoms with Crippen LogP contribution in [0.15, 0.2) is 77.7 Å². The molecular weight excluding hydrogens is 718 g/mol. The van der Waals surface area contributed by atoms with Crippen molar-refractivity contribution in [1.29, 1.82) is 0 Å². The highest BCUT2D eigenvalue weighted by molar-refractivity contribution is 7.79. The molecule has 3 aromatic carbocycles. The Labute approximate surface area is 298 Å². The van der Waals surface area contributed by atoms with Crippen LogP contribution in [-0.4, -0.2) is 57.0 Å². The van der Waals surface area contributed by atoms with Crippen LogP contribution in [0.2, 0.25) is 10.0 Å². The maximum absolute atomic E-state index is 13.7. The summed E-state index contributed by atoms with van der Waals surface area (Å²) in [5.41, 5.74) is 0.289. The summed E-state index contributed by atoms with van der Waals surface area (Å²) in [6.07, 6.45) is -0.890. The highest BCUT2D eigenvalue weighted by Gasteiger charge is 2.27. The molecule has 0 aliphatic heterocycles. The van der Waals surface area contributed by atoms with Gasteiger partial charge in [0.15, 0.2) is 12.4 Å². The molecule has 0 aliphatic carbocycles. The summed E-state index contributed by atoms with van der Waals surface area (Å²) in [7, 11) is 0. The van der Waals surface area contributed by atoms with Gasteiger partial charge >= 0.3 is 18.0 Å². The van der Waals surface area contributed by atoms with Crippen molar-refractivity contribution in [2.45, 2.75) is 31.4 Å². The van der Waals surface area contributed by atoms with Crippen LogP contribution in [-0.2, 0) is 42.8 Å². The number of nitrogens with zero attached hydrogens (tertiary/aromatic N) is 2. The number of hydrogen-bond donors (Lipinski definition) is 4. The van der Waals surface area contributed by atoms with E-state index in [1.54, 1.807) is 12.1 Å². The molecule has 1 atom stereocenters. The number of carboxylic acid groups (broad SMARTS) is 1. The standard InChI is InChI=1S/C33H27Cl2FN4O9S/c34-22-2-1-3-23(35)29(22)32(46)48-16-26(41)24(12-28(43)44)38-27(42)14-40-30(20-8-10-21(36)11-9-20)37-13-25(31(40)45)39-33(47)49-15-18-4-6-19(17-50)7-5-18/h1-11,13,24,50H,12,14-17H2,(H,38,42)(H,39,47)(H,43,44)/t24-/m0/s1. The van der Waals surface area contributed by atoms with Crippen molar-refractivity contribution >= 4 is 71.2 Å². The van der Waals surface area contributed by atoms with Gasteiger partial charge in [-0.05, 0) is 47.5 Å². The number of rotatable bonds is 14. The highest BCUT2D eigenvalue weighted by atomic mass is 35.5. The normalized spacial score (nSPS) is 11.3. The molecule has 0 saturated heterocycles. The number of ether oxygens (including phenoxy) is 2. The van der Waals surface area contributed by atoms with E-state index in [-0.39, 0.29) is 39.3 Å². The van der Waals surface area contributed by atoms with Gasteiger partial charge in [-0.25, -0.2) is 19.0 Å². The molecule has 1 heterocycles. The minimum absolute atomic E-state index is 0.0504. The molecule has 0 spiro atoms. The summed E-state index contributed by atoms with van der Waals surface area (Å²) in [6.45, 7) is -1.92. The lowest BCUT2D eigenvalue weighted by Gasteiger charge is -2.18. The fourth-order valence-electron chi connectivity index (χ4n) is 4.40. The largest absolute Gasteiger partial charge is 0.481 e. The predicted octanol–water partition coefficient (Wildman–Crippen LogP) is 4.92. The topological polar surface area (TPSA) is 183 Å². The van der Waals surface area contributed by atoms with E-state index in [0.29, 0.717) is 11.3 Å². The molecule has 260 valence electrons. The van der Waals surface area contributed by atoms with Crippen molar-refractivity contribution in [2.75, 3.05) is 11.9 Å². The molecule has 0 fully saturated rings. The molecule has 2 amide bonds. The van der Waals surface area contributed by atoms with Gasteiger partial charge in [-0.15, -0.1) is 0 Å². The number of anilines is 1. The number of halogens is 3. The minimum atomic E-state index is -1.70. The Hall–Kier alpha value is -5.25. The maximum atomic E-state index is 13.7. The summed E-state index contributed by atoms with van der Waals surface area (Å²) in [4.78, 5) is 80.5. The molecule has 0 unspecified atom stereocenters. The van der Waals surface area contributed by atoms with Gasteiger partial charge in [0.05, 0.1) is 28.2 Å². The minimum Gasteiger partial charge on any atom is -0.481 e. The van der Waals surface area contributed by atoms with E-state index in [2.05, 4.69) is 28.2 Å².